The monoisotopic (exact) mass is 1350 g/mol. The summed E-state index contributed by atoms with van der Waals surface area (Å²) >= 11 is 0. The molecule has 0 bridgehead atoms. The van der Waals surface area contributed by atoms with Crippen molar-refractivity contribution in [2.24, 2.45) is 0 Å². The molecule has 13 aromatic carbocycles. The second kappa shape index (κ2) is 23.9. The molecule has 0 spiro atoms. The van der Waals surface area contributed by atoms with Crippen LogP contribution in [0.2, 0.25) is 0 Å². The van der Waals surface area contributed by atoms with Gasteiger partial charge in [-0.05, 0) is 189 Å². The molecule has 103 heavy (non-hydrogen) atoms. The van der Waals surface area contributed by atoms with Gasteiger partial charge in [0.15, 0.2) is 11.2 Å². The Kier molecular flexibility index (Phi) is 12.7. The molecule has 0 saturated carbocycles. The lowest BCUT2D eigenvalue weighted by atomic mass is 9.33. The van der Waals surface area contributed by atoms with Crippen LogP contribution in [0.1, 0.15) is 145 Å². The first kappa shape index (κ1) is 54.8. The smallest absolute Gasteiger partial charge is 0.252 e. The van der Waals surface area contributed by atoms with E-state index in [1.807, 2.05) is 60.7 Å². The van der Waals surface area contributed by atoms with Gasteiger partial charge in [-0.25, -0.2) is 0 Å². The Hall–Kier alpha value is -10.9. The Morgan fingerprint density at radius 1 is 0.291 bits per heavy atom. The predicted molar refractivity (Wildman–Crippen MR) is 443 cm³/mol. The number of para-hydroxylation sites is 2. The summed E-state index contributed by atoms with van der Waals surface area (Å²) < 4.78 is 104. The zero-order chi connectivity index (χ0) is 80.1. The molecule has 0 fully saturated rings. The summed E-state index contributed by atoms with van der Waals surface area (Å²) in [6, 6.07) is 70.8. The predicted octanol–water partition coefficient (Wildman–Crippen LogP) is 25.6. The summed E-state index contributed by atoms with van der Waals surface area (Å²) in [5, 5.41) is 4.05. The molecule has 5 heteroatoms. The lowest BCUT2D eigenvalue weighted by Crippen LogP contribution is -2.61. The summed E-state index contributed by atoms with van der Waals surface area (Å²) in [4.78, 5) is 4.54. The average Bonchev–Trinajstić information content (AvgIpc) is 0.760. The summed E-state index contributed by atoms with van der Waals surface area (Å²) in [5.41, 5.74) is 21.9. The molecule has 15 aromatic rings. The Labute approximate surface area is 623 Å². The third-order valence-electron chi connectivity index (χ3n) is 21.5. The van der Waals surface area contributed by atoms with Crippen LogP contribution in [0.3, 0.4) is 0 Å². The van der Waals surface area contributed by atoms with E-state index in [2.05, 4.69) is 270 Å². The maximum absolute atomic E-state index is 10.0. The van der Waals surface area contributed by atoms with Gasteiger partial charge in [0.2, 0.25) is 0 Å². The summed E-state index contributed by atoms with van der Waals surface area (Å²) in [6.45, 7) is 33.0. The van der Waals surface area contributed by atoms with Gasteiger partial charge in [0.05, 0.1) is 41.8 Å². The third kappa shape index (κ3) is 11.1. The second-order valence-electron chi connectivity index (χ2n) is 33.5. The Morgan fingerprint density at radius 3 is 1.18 bits per heavy atom. The van der Waals surface area contributed by atoms with Crippen molar-refractivity contribution in [3.8, 4) is 61.3 Å². The van der Waals surface area contributed by atoms with Gasteiger partial charge in [0, 0.05) is 55.4 Å². The Morgan fingerprint density at radius 2 is 0.699 bits per heavy atom. The highest BCUT2D eigenvalue weighted by Crippen LogP contribution is 2.55. The van der Waals surface area contributed by atoms with Crippen molar-refractivity contribution in [2.45, 2.75) is 131 Å². The Balaban J connectivity index is 1.05. The van der Waals surface area contributed by atoms with E-state index in [1.165, 1.54) is 22.3 Å². The van der Waals surface area contributed by atoms with E-state index in [0.29, 0.717) is 45.0 Å². The van der Waals surface area contributed by atoms with E-state index in [-0.39, 0.29) is 62.4 Å². The van der Waals surface area contributed by atoms with E-state index in [9.17, 15) is 8.22 Å². The zero-order valence-electron chi connectivity index (χ0n) is 71.5. The first-order valence-electron chi connectivity index (χ1n) is 41.1. The number of hydrogen-bond acceptors (Lipinski definition) is 3. The highest BCUT2D eigenvalue weighted by atomic mass is 16.3. The molecule has 4 nitrogen and oxygen atoms in total. The molecule has 0 N–H and O–H groups in total. The largest absolute Gasteiger partial charge is 0.452 e. The lowest BCUT2D eigenvalue weighted by Gasteiger charge is -2.45. The molecule has 0 amide bonds. The maximum atomic E-state index is 10.0. The van der Waals surface area contributed by atoms with Gasteiger partial charge in [-0.15, -0.1) is 0 Å². The van der Waals surface area contributed by atoms with Crippen LogP contribution in [0.4, 0.5) is 34.1 Å². The maximum Gasteiger partial charge on any atom is 0.252 e. The number of furan rings is 1. The van der Waals surface area contributed by atoms with Gasteiger partial charge in [-0.2, -0.15) is 0 Å². The molecular formula is C98H90BN3O. The fraction of sp³-hybridized carbons (Fsp3) is 0.204. The summed E-state index contributed by atoms with van der Waals surface area (Å²) in [6.07, 6.45) is 0. The molecule has 2 aliphatic heterocycles. The topological polar surface area (TPSA) is 24.6 Å². The van der Waals surface area contributed by atoms with Crippen LogP contribution in [0.5, 0.6) is 0 Å². The van der Waals surface area contributed by atoms with Gasteiger partial charge in [-0.1, -0.05) is 304 Å². The fourth-order valence-corrected chi connectivity index (χ4v) is 15.8. The number of rotatable bonds is 8. The molecule has 506 valence electrons. The first-order chi connectivity index (χ1) is 53.4. The molecule has 0 atom stereocenters. The molecule has 0 unspecified atom stereocenters. The molecule has 2 aliphatic rings. The number of fused-ring (bicyclic) bond motifs is 10. The third-order valence-corrected chi connectivity index (χ3v) is 21.5. The molecule has 0 saturated heterocycles. The molecule has 0 radical (unpaired) electrons. The first-order valence-corrected chi connectivity index (χ1v) is 36.1. The number of anilines is 6. The van der Waals surface area contributed by atoms with Crippen LogP contribution in [0.15, 0.2) is 277 Å². The number of aromatic nitrogens is 1. The van der Waals surface area contributed by atoms with E-state index >= 15 is 0 Å². The van der Waals surface area contributed by atoms with Crippen molar-refractivity contribution in [1.82, 2.24) is 4.57 Å². The Bertz CT molecular complexity index is 6320. The summed E-state index contributed by atoms with van der Waals surface area (Å²) in [7, 11) is 0. The van der Waals surface area contributed by atoms with E-state index < -0.39 is 43.0 Å². The van der Waals surface area contributed by atoms with Crippen LogP contribution in [-0.2, 0) is 27.1 Å². The van der Waals surface area contributed by atoms with Crippen molar-refractivity contribution >= 4 is 101 Å². The normalized spacial score (nSPS) is 14.7. The van der Waals surface area contributed by atoms with Crippen LogP contribution in [0.25, 0.3) is 105 Å². The molecule has 17 rings (SSSR count). The van der Waals surface area contributed by atoms with Crippen LogP contribution in [0, 0.1) is 0 Å². The van der Waals surface area contributed by atoms with Crippen molar-refractivity contribution in [3.63, 3.8) is 0 Å². The quantitative estimate of drug-likeness (QED) is 0.142. The number of nitrogens with zero attached hydrogens (tertiary/aromatic N) is 3. The highest BCUT2D eigenvalue weighted by Gasteiger charge is 2.46. The van der Waals surface area contributed by atoms with Gasteiger partial charge >= 0.3 is 0 Å². The van der Waals surface area contributed by atoms with E-state index in [4.69, 9.17) is 9.90 Å². The van der Waals surface area contributed by atoms with Gasteiger partial charge in [-0.3, -0.25) is 0 Å². The lowest BCUT2D eigenvalue weighted by molar-refractivity contribution is 0.569. The van der Waals surface area contributed by atoms with Crippen molar-refractivity contribution in [3.05, 3.63) is 301 Å². The van der Waals surface area contributed by atoms with Gasteiger partial charge < -0.3 is 18.8 Å². The zero-order valence-corrected chi connectivity index (χ0v) is 61.5. The van der Waals surface area contributed by atoms with Crippen molar-refractivity contribution in [1.29, 1.82) is 0 Å². The molecular weight excluding hydrogens is 1250 g/mol. The minimum atomic E-state index is -0.635. The highest BCUT2D eigenvalue weighted by molar-refractivity contribution is 7.00. The van der Waals surface area contributed by atoms with E-state index in [0.717, 1.165) is 105 Å². The molecule has 2 aromatic heterocycles. The van der Waals surface area contributed by atoms with Gasteiger partial charge in [0.1, 0.15) is 0 Å². The number of hydrogen-bond donors (Lipinski definition) is 0. The van der Waals surface area contributed by atoms with Crippen molar-refractivity contribution < 1.29 is 18.1 Å². The average molecular weight is 1350 g/mol. The molecule has 4 heterocycles. The molecule has 0 aliphatic carbocycles. The minimum Gasteiger partial charge on any atom is -0.452 e. The second-order valence-corrected chi connectivity index (χ2v) is 33.5. The summed E-state index contributed by atoms with van der Waals surface area (Å²) in [5.74, 6) is 0. The van der Waals surface area contributed by atoms with Gasteiger partial charge in [0.25, 0.3) is 6.71 Å². The van der Waals surface area contributed by atoms with E-state index in [1.54, 1.807) is 0 Å². The van der Waals surface area contributed by atoms with Crippen LogP contribution >= 0.6 is 0 Å². The van der Waals surface area contributed by atoms with Crippen molar-refractivity contribution in [2.75, 3.05) is 9.80 Å². The van der Waals surface area contributed by atoms with Crippen LogP contribution < -0.4 is 26.2 Å². The number of benzene rings is 13. The standard InChI is InChI=1S/C98H90BN3O/c1-94(2,3)69-44-48-82-78(57-69)79-58-70(95(4,5)6)45-49-83(79)100(82)84-40-28-38-74-75-39-29-41-85(93(75)103-92(74)84)101-86-53-66(67-50-71(96(7,8)9)56-72(51-67)97(10,11)12)43-47-80(86)99-81-46-42-65(61-30-20-16-21-31-61)52-87(81)102(89-55-68(54-88(101)90(89)99)62-32-22-17-23-33-62)91-76(63-34-24-18-25-35-63)59-73(98(13,14)15)60-77(91)64-36-26-19-27-37-64/h16-60H,1-15H3/i16D,17D,20D,21D,22D,23D,30D,31D,32D,33D. The van der Waals surface area contributed by atoms with Crippen LogP contribution in [-0.4, -0.2) is 11.3 Å². The minimum absolute atomic E-state index is 0.00455. The fourth-order valence-electron chi connectivity index (χ4n) is 15.8. The SMILES string of the molecule is [2H]c1c([2H])c([2H])c(-c2ccc3c(c2)N(c2c(-c4ccccc4)cc(C(C)(C)C)cc2-c2ccccc2)c2cc(-c4c([2H])c([2H])c([2H])c([2H])c4[2H])cc4c2B3c2ccc(-c3cc(C(C)(C)C)cc(C(C)(C)C)c3)cc2N4c2cccc3c2oc2c(-n4c5ccc(C(C)(C)C)cc5c5cc(C(C)(C)C)ccc54)cccc23)c([2H])c1[2H].